The first-order valence-corrected chi connectivity index (χ1v) is 6.62. The van der Waals surface area contributed by atoms with E-state index in [0.29, 0.717) is 6.42 Å². The predicted octanol–water partition coefficient (Wildman–Crippen LogP) is -1.05. The Labute approximate surface area is 93.1 Å². The molecule has 0 aromatic heterocycles. The van der Waals surface area contributed by atoms with Crippen LogP contribution in [0, 0.1) is 0 Å². The number of hydrogen-bond acceptors (Lipinski definition) is 4. The van der Waals surface area contributed by atoms with Gasteiger partial charge in [-0.25, -0.2) is 13.2 Å². The molecule has 1 fully saturated rings. The lowest BCUT2D eigenvalue weighted by Gasteiger charge is -2.14. The number of nitrogens with one attached hydrogen (secondary N) is 2. The summed E-state index contributed by atoms with van der Waals surface area (Å²) in [6.45, 7) is 1.33. The van der Waals surface area contributed by atoms with Crippen molar-refractivity contribution >= 4 is 21.8 Å². The molecule has 1 saturated heterocycles. The Hall–Kier alpha value is -1.31. The van der Waals surface area contributed by atoms with Crippen LogP contribution in [-0.4, -0.2) is 49.1 Å². The van der Waals surface area contributed by atoms with Gasteiger partial charge >= 0.3 is 12.0 Å². The van der Waals surface area contributed by atoms with Gasteiger partial charge in [-0.2, -0.15) is 0 Å². The first-order chi connectivity index (χ1) is 7.30. The molecule has 92 valence electrons. The summed E-state index contributed by atoms with van der Waals surface area (Å²) in [4.78, 5) is 21.7. The Morgan fingerprint density at radius 2 is 2.06 bits per heavy atom. The van der Waals surface area contributed by atoms with Gasteiger partial charge in [0, 0.05) is 6.04 Å². The number of carbonyl (C=O) groups is 2. The lowest BCUT2D eigenvalue weighted by Crippen LogP contribution is -2.48. The van der Waals surface area contributed by atoms with E-state index in [4.69, 9.17) is 5.11 Å². The monoisotopic (exact) mass is 250 g/mol. The number of carbonyl (C=O) groups excluding carboxylic acids is 1. The van der Waals surface area contributed by atoms with Crippen molar-refractivity contribution in [3.63, 3.8) is 0 Å². The standard InChI is InChI=1S/C8H14N2O5S/c1-5(7(11)12)9-8(13)10-6-2-3-16(14,15)4-6/h5-6H,2-4H2,1H3,(H,11,12)(H2,9,10,13)/t5-,6?/m1/s1. The number of hydrogen-bond donors (Lipinski definition) is 3. The van der Waals surface area contributed by atoms with Gasteiger partial charge in [0.05, 0.1) is 11.5 Å². The van der Waals surface area contributed by atoms with E-state index >= 15 is 0 Å². The Kier molecular flexibility index (Phi) is 3.74. The summed E-state index contributed by atoms with van der Waals surface area (Å²) in [6, 6.07) is -2.08. The molecule has 0 aromatic rings. The van der Waals surface area contributed by atoms with Crippen molar-refractivity contribution in [3.05, 3.63) is 0 Å². The molecule has 2 amide bonds. The molecule has 1 heterocycles. The normalized spacial score (nSPS) is 24.7. The zero-order valence-electron chi connectivity index (χ0n) is 8.76. The van der Waals surface area contributed by atoms with E-state index < -0.39 is 33.9 Å². The molecule has 1 aliphatic rings. The molecule has 7 nitrogen and oxygen atoms in total. The second-order valence-electron chi connectivity index (χ2n) is 3.78. The van der Waals surface area contributed by atoms with Crippen LogP contribution in [0.3, 0.4) is 0 Å². The minimum absolute atomic E-state index is 0.0619. The largest absolute Gasteiger partial charge is 0.480 e. The maximum atomic E-state index is 11.2. The van der Waals surface area contributed by atoms with Gasteiger partial charge in [0.2, 0.25) is 0 Å². The van der Waals surface area contributed by atoms with E-state index in [1.54, 1.807) is 0 Å². The summed E-state index contributed by atoms with van der Waals surface area (Å²) in [6.07, 6.45) is 0.372. The molecule has 0 spiro atoms. The molecule has 0 bridgehead atoms. The Morgan fingerprint density at radius 1 is 1.44 bits per heavy atom. The van der Waals surface area contributed by atoms with Crippen LogP contribution in [0.2, 0.25) is 0 Å². The van der Waals surface area contributed by atoms with Crippen LogP contribution in [0.5, 0.6) is 0 Å². The topological polar surface area (TPSA) is 113 Å². The highest BCUT2D eigenvalue weighted by Gasteiger charge is 2.29. The minimum atomic E-state index is -3.04. The van der Waals surface area contributed by atoms with E-state index in [2.05, 4.69) is 10.6 Å². The van der Waals surface area contributed by atoms with Crippen molar-refractivity contribution in [1.82, 2.24) is 10.6 Å². The lowest BCUT2D eigenvalue weighted by atomic mass is 10.3. The summed E-state index contributed by atoms with van der Waals surface area (Å²) in [7, 11) is -3.04. The first kappa shape index (κ1) is 12.8. The van der Waals surface area contributed by atoms with Crippen molar-refractivity contribution in [2.24, 2.45) is 0 Å². The molecule has 0 aromatic carbocycles. The lowest BCUT2D eigenvalue weighted by molar-refractivity contribution is -0.138. The van der Waals surface area contributed by atoms with Gasteiger partial charge in [-0.1, -0.05) is 0 Å². The van der Waals surface area contributed by atoms with Crippen LogP contribution in [0.15, 0.2) is 0 Å². The van der Waals surface area contributed by atoms with Crippen LogP contribution < -0.4 is 10.6 Å². The van der Waals surface area contributed by atoms with Crippen LogP contribution in [0.4, 0.5) is 4.79 Å². The Morgan fingerprint density at radius 3 is 2.50 bits per heavy atom. The smallest absolute Gasteiger partial charge is 0.325 e. The third-order valence-electron chi connectivity index (χ3n) is 2.29. The summed E-state index contributed by atoms with van der Waals surface area (Å²) >= 11 is 0. The molecular formula is C8H14N2O5S. The molecule has 0 radical (unpaired) electrons. The predicted molar refractivity (Wildman–Crippen MR) is 55.8 cm³/mol. The molecule has 0 saturated carbocycles. The van der Waals surface area contributed by atoms with Crippen LogP contribution in [0.25, 0.3) is 0 Å². The van der Waals surface area contributed by atoms with Crippen LogP contribution in [-0.2, 0) is 14.6 Å². The van der Waals surface area contributed by atoms with E-state index in [9.17, 15) is 18.0 Å². The van der Waals surface area contributed by atoms with Gasteiger partial charge in [0.25, 0.3) is 0 Å². The van der Waals surface area contributed by atoms with E-state index in [-0.39, 0.29) is 11.5 Å². The number of rotatable bonds is 3. The summed E-state index contributed by atoms with van der Waals surface area (Å²) in [5, 5.41) is 13.2. The Bertz CT molecular complexity index is 391. The SMILES string of the molecule is C[C@@H](NC(=O)NC1CCS(=O)(=O)C1)C(=O)O. The average molecular weight is 250 g/mol. The molecule has 1 unspecified atom stereocenters. The van der Waals surface area contributed by atoms with Gasteiger partial charge in [-0.05, 0) is 13.3 Å². The van der Waals surface area contributed by atoms with Crippen molar-refractivity contribution in [3.8, 4) is 0 Å². The highest BCUT2D eigenvalue weighted by molar-refractivity contribution is 7.91. The molecule has 1 rings (SSSR count). The molecule has 2 atom stereocenters. The summed E-state index contributed by atoms with van der Waals surface area (Å²) in [5.74, 6) is -1.16. The fraction of sp³-hybridized carbons (Fsp3) is 0.750. The number of aliphatic carboxylic acids is 1. The molecule has 3 N–H and O–H groups in total. The van der Waals surface area contributed by atoms with E-state index in [1.807, 2.05) is 0 Å². The van der Waals surface area contributed by atoms with Gasteiger partial charge in [-0.3, -0.25) is 4.79 Å². The number of carboxylic acids is 1. The number of urea groups is 1. The third-order valence-corrected chi connectivity index (χ3v) is 4.05. The minimum Gasteiger partial charge on any atom is -0.480 e. The fourth-order valence-electron chi connectivity index (χ4n) is 1.39. The van der Waals surface area contributed by atoms with Gasteiger partial charge in [0.15, 0.2) is 9.84 Å². The third kappa shape index (κ3) is 3.69. The number of sulfone groups is 1. The van der Waals surface area contributed by atoms with Crippen molar-refractivity contribution in [1.29, 1.82) is 0 Å². The zero-order chi connectivity index (χ0) is 12.3. The Balaban J connectivity index is 2.39. The van der Waals surface area contributed by atoms with Crippen molar-refractivity contribution in [2.75, 3.05) is 11.5 Å². The highest BCUT2D eigenvalue weighted by atomic mass is 32.2. The fourth-order valence-corrected chi connectivity index (χ4v) is 3.07. The summed E-state index contributed by atoms with van der Waals surface area (Å²) in [5.41, 5.74) is 0. The van der Waals surface area contributed by atoms with Crippen molar-refractivity contribution in [2.45, 2.75) is 25.4 Å². The van der Waals surface area contributed by atoms with E-state index in [1.165, 1.54) is 6.92 Å². The first-order valence-electron chi connectivity index (χ1n) is 4.80. The molecular weight excluding hydrogens is 236 g/mol. The number of amides is 2. The quantitative estimate of drug-likeness (QED) is 0.591. The van der Waals surface area contributed by atoms with Crippen LogP contribution >= 0.6 is 0 Å². The maximum Gasteiger partial charge on any atom is 0.325 e. The van der Waals surface area contributed by atoms with Crippen molar-refractivity contribution < 1.29 is 23.1 Å². The molecule has 1 aliphatic heterocycles. The summed E-state index contributed by atoms with van der Waals surface area (Å²) < 4.78 is 22.2. The molecule has 8 heteroatoms. The second-order valence-corrected chi connectivity index (χ2v) is 6.01. The van der Waals surface area contributed by atoms with E-state index in [0.717, 1.165) is 0 Å². The van der Waals surface area contributed by atoms with Gasteiger partial charge < -0.3 is 15.7 Å². The maximum absolute atomic E-state index is 11.2. The highest BCUT2D eigenvalue weighted by Crippen LogP contribution is 2.10. The van der Waals surface area contributed by atoms with Crippen LogP contribution in [0.1, 0.15) is 13.3 Å². The van der Waals surface area contributed by atoms with Gasteiger partial charge in [-0.15, -0.1) is 0 Å². The molecule has 0 aliphatic carbocycles. The average Bonchev–Trinajstić information content (AvgIpc) is 2.44. The number of carboxylic acid groups (broad SMARTS) is 1. The van der Waals surface area contributed by atoms with Gasteiger partial charge in [0.1, 0.15) is 6.04 Å². The molecule has 16 heavy (non-hydrogen) atoms. The zero-order valence-corrected chi connectivity index (χ0v) is 9.58. The second kappa shape index (κ2) is 4.69.